The highest BCUT2D eigenvalue weighted by Crippen LogP contribution is 2.19. The Labute approximate surface area is 107 Å². The molecule has 0 saturated carbocycles. The third-order valence-electron chi connectivity index (χ3n) is 2.89. The van der Waals surface area contributed by atoms with Gasteiger partial charge < -0.3 is 5.32 Å². The summed E-state index contributed by atoms with van der Waals surface area (Å²) in [4.78, 5) is 8.87. The van der Waals surface area contributed by atoms with Crippen molar-refractivity contribution in [2.75, 3.05) is 5.75 Å². The van der Waals surface area contributed by atoms with Crippen LogP contribution in [0, 0.1) is 5.92 Å². The van der Waals surface area contributed by atoms with Gasteiger partial charge in [-0.05, 0) is 24.5 Å². The van der Waals surface area contributed by atoms with Crippen LogP contribution in [0.25, 0.3) is 0 Å². The first-order valence-corrected chi connectivity index (χ1v) is 7.08. The topological polar surface area (TPSA) is 37.3 Å². The Hall–Kier alpha value is -1.03. The molecule has 3 nitrogen and oxygen atoms in total. The molecule has 1 aliphatic heterocycles. The van der Waals surface area contributed by atoms with Crippen molar-refractivity contribution in [1.29, 1.82) is 0 Å². The van der Waals surface area contributed by atoms with Gasteiger partial charge in [0.2, 0.25) is 0 Å². The SMILES string of the molecule is CC(C)C1CCSC(=NCc2ccccn2)N1. The van der Waals surface area contributed by atoms with Crippen molar-refractivity contribution in [3.8, 4) is 0 Å². The summed E-state index contributed by atoms with van der Waals surface area (Å²) in [6.07, 6.45) is 3.04. The van der Waals surface area contributed by atoms with Crippen LogP contribution in [-0.2, 0) is 6.54 Å². The maximum atomic E-state index is 4.59. The molecule has 2 rings (SSSR count). The van der Waals surface area contributed by atoms with Crippen LogP contribution in [0.15, 0.2) is 29.4 Å². The van der Waals surface area contributed by atoms with Crippen LogP contribution in [0.1, 0.15) is 26.0 Å². The lowest BCUT2D eigenvalue weighted by atomic mass is 10.0. The molecule has 0 aromatic carbocycles. The van der Waals surface area contributed by atoms with E-state index < -0.39 is 0 Å². The minimum Gasteiger partial charge on any atom is -0.362 e. The zero-order valence-electron chi connectivity index (χ0n) is 10.4. The highest BCUT2D eigenvalue weighted by molar-refractivity contribution is 8.13. The van der Waals surface area contributed by atoms with Crippen LogP contribution >= 0.6 is 11.8 Å². The maximum Gasteiger partial charge on any atom is 0.157 e. The van der Waals surface area contributed by atoms with Crippen LogP contribution < -0.4 is 5.32 Å². The lowest BCUT2D eigenvalue weighted by Gasteiger charge is -2.28. The average molecular weight is 249 g/mol. The van der Waals surface area contributed by atoms with E-state index in [0.717, 1.165) is 16.6 Å². The first-order valence-electron chi connectivity index (χ1n) is 6.09. The van der Waals surface area contributed by atoms with Gasteiger partial charge in [-0.25, -0.2) is 0 Å². The van der Waals surface area contributed by atoms with Crippen molar-refractivity contribution in [3.63, 3.8) is 0 Å². The van der Waals surface area contributed by atoms with E-state index in [2.05, 4.69) is 29.1 Å². The van der Waals surface area contributed by atoms with Gasteiger partial charge in [-0.2, -0.15) is 0 Å². The Morgan fingerprint density at radius 3 is 3.12 bits per heavy atom. The number of aliphatic imine (C=N–C) groups is 1. The van der Waals surface area contributed by atoms with Gasteiger partial charge in [-0.15, -0.1) is 0 Å². The number of rotatable bonds is 3. The third kappa shape index (κ3) is 3.73. The van der Waals surface area contributed by atoms with E-state index in [0.29, 0.717) is 18.5 Å². The van der Waals surface area contributed by atoms with Gasteiger partial charge in [-0.1, -0.05) is 31.7 Å². The molecule has 1 saturated heterocycles. The van der Waals surface area contributed by atoms with Gasteiger partial charge in [0.25, 0.3) is 0 Å². The molecule has 92 valence electrons. The number of nitrogens with zero attached hydrogens (tertiary/aromatic N) is 2. The summed E-state index contributed by atoms with van der Waals surface area (Å²) >= 11 is 1.81. The first kappa shape index (κ1) is 12.4. The number of nitrogens with one attached hydrogen (secondary N) is 1. The first-order chi connectivity index (χ1) is 8.25. The Morgan fingerprint density at radius 1 is 1.53 bits per heavy atom. The molecule has 0 aliphatic carbocycles. The van der Waals surface area contributed by atoms with Crippen molar-refractivity contribution in [1.82, 2.24) is 10.3 Å². The molecule has 1 aromatic heterocycles. The van der Waals surface area contributed by atoms with Gasteiger partial charge in [0.05, 0.1) is 12.2 Å². The molecule has 1 fully saturated rings. The summed E-state index contributed by atoms with van der Waals surface area (Å²) in [5.74, 6) is 1.83. The Morgan fingerprint density at radius 2 is 2.41 bits per heavy atom. The minimum atomic E-state index is 0.568. The predicted molar refractivity (Wildman–Crippen MR) is 74.2 cm³/mol. The molecule has 4 heteroatoms. The number of hydrogen-bond donors (Lipinski definition) is 1. The molecule has 0 spiro atoms. The Kier molecular flexibility index (Phi) is 4.42. The fourth-order valence-electron chi connectivity index (χ4n) is 1.79. The molecular formula is C13H19N3S. The third-order valence-corrected chi connectivity index (χ3v) is 3.85. The summed E-state index contributed by atoms with van der Waals surface area (Å²) < 4.78 is 0. The number of aromatic nitrogens is 1. The molecule has 17 heavy (non-hydrogen) atoms. The maximum absolute atomic E-state index is 4.59. The molecule has 0 radical (unpaired) electrons. The van der Waals surface area contributed by atoms with Gasteiger partial charge in [0, 0.05) is 18.0 Å². The standard InChI is InChI=1S/C13H19N3S/c1-10(2)12-6-8-17-13(16-12)15-9-11-5-3-4-7-14-11/h3-5,7,10,12H,6,8-9H2,1-2H3,(H,15,16). The van der Waals surface area contributed by atoms with E-state index >= 15 is 0 Å². The van der Waals surface area contributed by atoms with E-state index in [1.807, 2.05) is 36.2 Å². The number of hydrogen-bond acceptors (Lipinski definition) is 3. The number of pyridine rings is 1. The molecule has 1 N–H and O–H groups in total. The molecular weight excluding hydrogens is 230 g/mol. The van der Waals surface area contributed by atoms with Crippen molar-refractivity contribution in [2.45, 2.75) is 32.9 Å². The Balaban J connectivity index is 1.93. The van der Waals surface area contributed by atoms with E-state index in [4.69, 9.17) is 0 Å². The largest absolute Gasteiger partial charge is 0.362 e. The minimum absolute atomic E-state index is 0.568. The quantitative estimate of drug-likeness (QED) is 0.895. The van der Waals surface area contributed by atoms with Gasteiger partial charge in [-0.3, -0.25) is 9.98 Å². The average Bonchev–Trinajstić information content (AvgIpc) is 2.38. The molecule has 1 aromatic rings. The highest BCUT2D eigenvalue weighted by atomic mass is 32.2. The van der Waals surface area contributed by atoms with Crippen LogP contribution in [0.2, 0.25) is 0 Å². The van der Waals surface area contributed by atoms with Crippen LogP contribution in [0.4, 0.5) is 0 Å². The fraction of sp³-hybridized carbons (Fsp3) is 0.538. The smallest absolute Gasteiger partial charge is 0.157 e. The van der Waals surface area contributed by atoms with Crippen molar-refractivity contribution >= 4 is 16.9 Å². The number of thioether (sulfide) groups is 1. The molecule has 0 amide bonds. The lowest BCUT2D eigenvalue weighted by Crippen LogP contribution is -2.41. The summed E-state index contributed by atoms with van der Waals surface area (Å²) in [5, 5.41) is 4.58. The van der Waals surface area contributed by atoms with Gasteiger partial charge in [0.1, 0.15) is 0 Å². The second-order valence-corrected chi connectivity index (χ2v) is 5.66. The lowest BCUT2D eigenvalue weighted by molar-refractivity contribution is 0.442. The fourth-order valence-corrected chi connectivity index (χ4v) is 2.75. The second kappa shape index (κ2) is 6.05. The molecule has 1 unspecified atom stereocenters. The van der Waals surface area contributed by atoms with Gasteiger partial charge >= 0.3 is 0 Å². The number of amidine groups is 1. The van der Waals surface area contributed by atoms with Crippen molar-refractivity contribution in [2.24, 2.45) is 10.9 Å². The normalized spacial score (nSPS) is 22.8. The Bertz CT molecular complexity index is 376. The predicted octanol–water partition coefficient (Wildman–Crippen LogP) is 2.69. The molecule has 0 bridgehead atoms. The van der Waals surface area contributed by atoms with E-state index in [1.165, 1.54) is 6.42 Å². The van der Waals surface area contributed by atoms with E-state index in [9.17, 15) is 0 Å². The summed E-state index contributed by atoms with van der Waals surface area (Å²) in [6.45, 7) is 5.18. The molecule has 2 heterocycles. The molecule has 1 atom stereocenters. The van der Waals surface area contributed by atoms with Crippen LogP contribution in [0.5, 0.6) is 0 Å². The van der Waals surface area contributed by atoms with Crippen molar-refractivity contribution < 1.29 is 0 Å². The molecule has 1 aliphatic rings. The van der Waals surface area contributed by atoms with Crippen LogP contribution in [0.3, 0.4) is 0 Å². The van der Waals surface area contributed by atoms with Crippen molar-refractivity contribution in [3.05, 3.63) is 30.1 Å². The zero-order valence-corrected chi connectivity index (χ0v) is 11.2. The second-order valence-electron chi connectivity index (χ2n) is 4.57. The summed E-state index contributed by atoms with van der Waals surface area (Å²) in [5.41, 5.74) is 1.02. The van der Waals surface area contributed by atoms with E-state index in [1.54, 1.807) is 0 Å². The summed E-state index contributed by atoms with van der Waals surface area (Å²) in [7, 11) is 0. The summed E-state index contributed by atoms with van der Waals surface area (Å²) in [6, 6.07) is 6.51. The zero-order chi connectivity index (χ0) is 12.1. The van der Waals surface area contributed by atoms with Gasteiger partial charge in [0.15, 0.2) is 5.17 Å². The van der Waals surface area contributed by atoms with Crippen LogP contribution in [-0.4, -0.2) is 21.9 Å². The highest BCUT2D eigenvalue weighted by Gasteiger charge is 2.19. The monoisotopic (exact) mass is 249 g/mol. The van der Waals surface area contributed by atoms with E-state index in [-0.39, 0.29) is 0 Å².